The third-order valence-corrected chi connectivity index (χ3v) is 4.28. The van der Waals surface area contributed by atoms with Gasteiger partial charge in [0, 0.05) is 21.4 Å². The van der Waals surface area contributed by atoms with E-state index in [-0.39, 0.29) is 11.9 Å². The molecule has 96 valence electrons. The van der Waals surface area contributed by atoms with Gasteiger partial charge in [0.1, 0.15) is 5.82 Å². The lowest BCUT2D eigenvalue weighted by Gasteiger charge is -2.12. The summed E-state index contributed by atoms with van der Waals surface area (Å²) in [6.45, 7) is 6.08. The Kier molecular flexibility index (Phi) is 3.83. The van der Waals surface area contributed by atoms with Gasteiger partial charge in [0.15, 0.2) is 0 Å². The van der Waals surface area contributed by atoms with E-state index in [1.54, 1.807) is 17.4 Å². The minimum absolute atomic E-state index is 0.0252. The van der Waals surface area contributed by atoms with Crippen molar-refractivity contribution in [2.75, 3.05) is 0 Å². The zero-order valence-corrected chi connectivity index (χ0v) is 11.7. The molecule has 1 unspecified atom stereocenters. The topological polar surface area (TPSA) is 26.0 Å². The van der Waals surface area contributed by atoms with Crippen LogP contribution in [0.25, 0.3) is 10.4 Å². The standard InChI is InChI=1S/C15H18FNS/c1-9(2)15(17)14-7-6-13(18-14)11-5-4-10(3)8-12(11)16/h4-9,15H,17H2,1-3H3. The molecule has 1 heterocycles. The van der Waals surface area contributed by atoms with Crippen LogP contribution in [-0.4, -0.2) is 0 Å². The van der Waals surface area contributed by atoms with Crippen molar-refractivity contribution >= 4 is 11.3 Å². The van der Waals surface area contributed by atoms with E-state index < -0.39 is 0 Å². The van der Waals surface area contributed by atoms with Gasteiger partial charge in [-0.1, -0.05) is 26.0 Å². The van der Waals surface area contributed by atoms with Crippen LogP contribution in [0.5, 0.6) is 0 Å². The largest absolute Gasteiger partial charge is 0.323 e. The van der Waals surface area contributed by atoms with Gasteiger partial charge >= 0.3 is 0 Å². The van der Waals surface area contributed by atoms with Crippen molar-refractivity contribution in [3.8, 4) is 10.4 Å². The first-order chi connectivity index (χ1) is 8.49. The number of nitrogens with two attached hydrogens (primary N) is 1. The van der Waals surface area contributed by atoms with Crippen LogP contribution in [0.2, 0.25) is 0 Å². The molecular weight excluding hydrogens is 245 g/mol. The molecule has 0 saturated heterocycles. The quantitative estimate of drug-likeness (QED) is 0.865. The number of hydrogen-bond acceptors (Lipinski definition) is 2. The van der Waals surface area contributed by atoms with Gasteiger partial charge in [-0.3, -0.25) is 0 Å². The maximum atomic E-state index is 13.9. The molecule has 2 rings (SSSR count). The molecule has 0 spiro atoms. The molecule has 1 atom stereocenters. The summed E-state index contributed by atoms with van der Waals surface area (Å²) in [5.41, 5.74) is 7.70. The molecule has 1 nitrogen and oxygen atoms in total. The molecule has 3 heteroatoms. The predicted molar refractivity (Wildman–Crippen MR) is 76.2 cm³/mol. The summed E-state index contributed by atoms with van der Waals surface area (Å²) >= 11 is 1.58. The van der Waals surface area contributed by atoms with Crippen LogP contribution in [0, 0.1) is 18.7 Å². The van der Waals surface area contributed by atoms with Crippen LogP contribution in [0.15, 0.2) is 30.3 Å². The molecule has 0 saturated carbocycles. The average molecular weight is 263 g/mol. The second kappa shape index (κ2) is 5.21. The van der Waals surface area contributed by atoms with E-state index in [0.29, 0.717) is 11.5 Å². The van der Waals surface area contributed by atoms with Crippen LogP contribution in [0.1, 0.15) is 30.3 Å². The summed E-state index contributed by atoms with van der Waals surface area (Å²) in [6.07, 6.45) is 0. The van der Waals surface area contributed by atoms with E-state index in [4.69, 9.17) is 5.73 Å². The van der Waals surface area contributed by atoms with Crippen molar-refractivity contribution in [3.05, 3.63) is 46.6 Å². The molecule has 1 aromatic heterocycles. The van der Waals surface area contributed by atoms with Crippen LogP contribution in [0.4, 0.5) is 4.39 Å². The summed E-state index contributed by atoms with van der Waals surface area (Å²) < 4.78 is 13.9. The molecule has 2 N–H and O–H groups in total. The number of benzene rings is 1. The summed E-state index contributed by atoms with van der Waals surface area (Å²) in [7, 11) is 0. The lowest BCUT2D eigenvalue weighted by molar-refractivity contribution is 0.521. The predicted octanol–water partition coefficient (Wildman–Crippen LogP) is 4.52. The Morgan fingerprint density at radius 3 is 2.50 bits per heavy atom. The third kappa shape index (κ3) is 2.62. The van der Waals surface area contributed by atoms with E-state index in [9.17, 15) is 4.39 Å². The summed E-state index contributed by atoms with van der Waals surface area (Å²) in [6, 6.07) is 9.32. The molecule has 0 amide bonds. The minimum Gasteiger partial charge on any atom is -0.323 e. The maximum absolute atomic E-state index is 13.9. The molecule has 2 aromatic rings. The van der Waals surface area contributed by atoms with Crippen molar-refractivity contribution in [2.45, 2.75) is 26.8 Å². The Hall–Kier alpha value is -1.19. The van der Waals surface area contributed by atoms with Crippen LogP contribution in [0.3, 0.4) is 0 Å². The van der Waals surface area contributed by atoms with E-state index >= 15 is 0 Å². The number of halogens is 1. The lowest BCUT2D eigenvalue weighted by Crippen LogP contribution is -2.14. The maximum Gasteiger partial charge on any atom is 0.132 e. The van der Waals surface area contributed by atoms with Gasteiger partial charge in [0.05, 0.1) is 0 Å². The number of hydrogen-bond donors (Lipinski definition) is 1. The first-order valence-electron chi connectivity index (χ1n) is 6.11. The van der Waals surface area contributed by atoms with Gasteiger partial charge in [0.25, 0.3) is 0 Å². The Morgan fingerprint density at radius 1 is 1.17 bits per heavy atom. The lowest BCUT2D eigenvalue weighted by atomic mass is 10.0. The van der Waals surface area contributed by atoms with Crippen molar-refractivity contribution in [1.82, 2.24) is 0 Å². The molecule has 0 aliphatic rings. The fourth-order valence-corrected chi connectivity index (χ4v) is 3.04. The van der Waals surface area contributed by atoms with E-state index in [1.165, 1.54) is 0 Å². The van der Waals surface area contributed by atoms with E-state index in [0.717, 1.165) is 15.3 Å². The zero-order valence-electron chi connectivity index (χ0n) is 10.9. The SMILES string of the molecule is Cc1ccc(-c2ccc(C(N)C(C)C)s2)c(F)c1. The second-order valence-corrected chi connectivity index (χ2v) is 6.07. The zero-order chi connectivity index (χ0) is 13.3. The first-order valence-corrected chi connectivity index (χ1v) is 6.92. The highest BCUT2D eigenvalue weighted by atomic mass is 32.1. The summed E-state index contributed by atoms with van der Waals surface area (Å²) in [5.74, 6) is 0.223. The van der Waals surface area contributed by atoms with E-state index in [1.807, 2.05) is 31.2 Å². The average Bonchev–Trinajstić information content (AvgIpc) is 2.77. The monoisotopic (exact) mass is 263 g/mol. The van der Waals surface area contributed by atoms with Gasteiger partial charge in [0.2, 0.25) is 0 Å². The molecule has 0 aliphatic heterocycles. The molecule has 1 aromatic carbocycles. The Bertz CT molecular complexity index is 545. The van der Waals surface area contributed by atoms with Gasteiger partial charge in [-0.15, -0.1) is 11.3 Å². The third-order valence-electron chi connectivity index (χ3n) is 3.06. The highest BCUT2D eigenvalue weighted by Crippen LogP contribution is 2.34. The molecule has 0 bridgehead atoms. The molecule has 18 heavy (non-hydrogen) atoms. The van der Waals surface area contributed by atoms with Gasteiger partial charge in [-0.25, -0.2) is 4.39 Å². The summed E-state index contributed by atoms with van der Waals surface area (Å²) in [4.78, 5) is 2.05. The molecule has 0 fully saturated rings. The van der Waals surface area contributed by atoms with Crippen LogP contribution < -0.4 is 5.73 Å². The number of rotatable bonds is 3. The molecule has 0 aliphatic carbocycles. The highest BCUT2D eigenvalue weighted by molar-refractivity contribution is 7.15. The Balaban J connectivity index is 2.35. The molecular formula is C15H18FNS. The van der Waals surface area contributed by atoms with Crippen LogP contribution >= 0.6 is 11.3 Å². The Morgan fingerprint density at radius 2 is 1.89 bits per heavy atom. The van der Waals surface area contributed by atoms with Crippen LogP contribution in [-0.2, 0) is 0 Å². The number of thiophene rings is 1. The Labute approximate surface area is 111 Å². The van der Waals surface area contributed by atoms with Crippen molar-refractivity contribution in [1.29, 1.82) is 0 Å². The van der Waals surface area contributed by atoms with Gasteiger partial charge in [-0.05, 0) is 36.6 Å². The van der Waals surface area contributed by atoms with Crippen molar-refractivity contribution in [2.24, 2.45) is 11.7 Å². The fraction of sp³-hybridized carbons (Fsp3) is 0.333. The number of aryl methyl sites for hydroxylation is 1. The molecule has 0 radical (unpaired) electrons. The minimum atomic E-state index is -0.165. The van der Waals surface area contributed by atoms with Crippen molar-refractivity contribution < 1.29 is 4.39 Å². The van der Waals surface area contributed by atoms with E-state index in [2.05, 4.69) is 13.8 Å². The van der Waals surface area contributed by atoms with Crippen molar-refractivity contribution in [3.63, 3.8) is 0 Å². The first kappa shape index (κ1) is 13.2. The second-order valence-electron chi connectivity index (χ2n) is 4.96. The highest BCUT2D eigenvalue weighted by Gasteiger charge is 2.14. The summed E-state index contributed by atoms with van der Waals surface area (Å²) in [5, 5.41) is 0. The fourth-order valence-electron chi connectivity index (χ4n) is 1.83. The van der Waals surface area contributed by atoms with Gasteiger partial charge in [-0.2, -0.15) is 0 Å². The normalized spacial score (nSPS) is 13.0. The van der Waals surface area contributed by atoms with Gasteiger partial charge < -0.3 is 5.73 Å². The smallest absolute Gasteiger partial charge is 0.132 e.